The van der Waals surface area contributed by atoms with E-state index in [9.17, 15) is 22.4 Å². The Morgan fingerprint density at radius 2 is 1.92 bits per heavy atom. The molecule has 2 heterocycles. The van der Waals surface area contributed by atoms with Crippen LogP contribution in [-0.4, -0.2) is 20.0 Å². The molecule has 11 heteroatoms. The molecule has 0 fully saturated rings. The molecule has 0 saturated carbocycles. The first-order chi connectivity index (χ1) is 11.7. The minimum atomic E-state index is -4.70. The highest BCUT2D eigenvalue weighted by molar-refractivity contribution is 6.34. The summed E-state index contributed by atoms with van der Waals surface area (Å²) < 4.78 is 53.2. The highest BCUT2D eigenvalue weighted by atomic mass is 35.5. The van der Waals surface area contributed by atoms with Crippen LogP contribution in [0.15, 0.2) is 35.4 Å². The van der Waals surface area contributed by atoms with Crippen LogP contribution in [0.2, 0.25) is 10.0 Å². The van der Waals surface area contributed by atoms with Gasteiger partial charge in [-0.25, -0.2) is 9.07 Å². The third-order valence-electron chi connectivity index (χ3n) is 3.25. The Bertz CT molecular complexity index is 1010. The molecular formula is C14H6Cl2F4N4O. The van der Waals surface area contributed by atoms with Crippen LogP contribution in [0.3, 0.4) is 0 Å². The van der Waals surface area contributed by atoms with E-state index in [1.807, 2.05) is 0 Å². The first kappa shape index (κ1) is 17.4. The van der Waals surface area contributed by atoms with E-state index in [0.717, 1.165) is 10.9 Å². The molecule has 0 saturated heterocycles. The van der Waals surface area contributed by atoms with Gasteiger partial charge in [-0.1, -0.05) is 28.4 Å². The van der Waals surface area contributed by atoms with Crippen molar-refractivity contribution in [2.24, 2.45) is 0 Å². The second-order valence-corrected chi connectivity index (χ2v) is 5.68. The number of pyridine rings is 1. The third-order valence-corrected chi connectivity index (χ3v) is 3.84. The van der Waals surface area contributed by atoms with Crippen molar-refractivity contribution < 1.29 is 17.6 Å². The molecule has 0 aliphatic carbocycles. The van der Waals surface area contributed by atoms with Crippen molar-refractivity contribution >= 4 is 23.2 Å². The fourth-order valence-electron chi connectivity index (χ4n) is 2.15. The predicted octanol–water partition coefficient (Wildman–Crippen LogP) is 4.09. The Morgan fingerprint density at radius 1 is 1.20 bits per heavy atom. The number of hydrogen-bond donors (Lipinski definition) is 1. The highest BCUT2D eigenvalue weighted by Gasteiger charge is 2.34. The van der Waals surface area contributed by atoms with Crippen molar-refractivity contribution in [3.63, 3.8) is 0 Å². The van der Waals surface area contributed by atoms with E-state index in [1.165, 1.54) is 18.2 Å². The fourth-order valence-corrected chi connectivity index (χ4v) is 2.57. The molecule has 0 radical (unpaired) electrons. The molecule has 3 aromatic rings. The summed E-state index contributed by atoms with van der Waals surface area (Å²) in [6.45, 7) is 0. The Labute approximate surface area is 146 Å². The molecule has 2 aromatic heterocycles. The molecule has 25 heavy (non-hydrogen) atoms. The lowest BCUT2D eigenvalue weighted by molar-refractivity contribution is -0.141. The molecular weight excluding hydrogens is 387 g/mol. The zero-order valence-corrected chi connectivity index (χ0v) is 13.4. The zero-order valence-electron chi connectivity index (χ0n) is 11.9. The minimum Gasteiger partial charge on any atom is -0.325 e. The van der Waals surface area contributed by atoms with Gasteiger partial charge in [0.1, 0.15) is 10.8 Å². The van der Waals surface area contributed by atoms with Crippen molar-refractivity contribution in [2.75, 3.05) is 0 Å². The van der Waals surface area contributed by atoms with Crippen LogP contribution in [0.1, 0.15) is 5.69 Å². The maximum absolute atomic E-state index is 14.2. The van der Waals surface area contributed by atoms with Crippen LogP contribution in [-0.2, 0) is 6.18 Å². The predicted molar refractivity (Wildman–Crippen MR) is 82.4 cm³/mol. The van der Waals surface area contributed by atoms with Gasteiger partial charge in [-0.2, -0.15) is 13.2 Å². The van der Waals surface area contributed by atoms with E-state index >= 15 is 0 Å². The maximum Gasteiger partial charge on any atom is 0.436 e. The maximum atomic E-state index is 14.2. The summed E-state index contributed by atoms with van der Waals surface area (Å²) in [7, 11) is 0. The van der Waals surface area contributed by atoms with E-state index in [-0.39, 0.29) is 21.8 Å². The van der Waals surface area contributed by atoms with Crippen LogP contribution >= 0.6 is 23.2 Å². The molecule has 0 atom stereocenters. The molecule has 130 valence electrons. The third kappa shape index (κ3) is 3.24. The van der Waals surface area contributed by atoms with Gasteiger partial charge in [-0.3, -0.25) is 4.79 Å². The molecule has 3 rings (SSSR count). The first-order valence-corrected chi connectivity index (χ1v) is 7.30. The van der Waals surface area contributed by atoms with E-state index < -0.39 is 28.3 Å². The normalized spacial score (nSPS) is 11.8. The van der Waals surface area contributed by atoms with Gasteiger partial charge < -0.3 is 4.98 Å². The van der Waals surface area contributed by atoms with Gasteiger partial charge in [0.05, 0.1) is 11.9 Å². The molecule has 0 unspecified atom stereocenters. The second kappa shape index (κ2) is 6.16. The Morgan fingerprint density at radius 3 is 2.56 bits per heavy atom. The van der Waals surface area contributed by atoms with Gasteiger partial charge in [0.25, 0.3) is 5.56 Å². The number of H-pyrrole nitrogens is 1. The summed E-state index contributed by atoms with van der Waals surface area (Å²) in [6, 6.07) is 3.94. The Kier molecular flexibility index (Phi) is 4.29. The SMILES string of the molecule is O=c1[nH]cc(F)c(-c2cc(Cl)ccc2-n2cc(C(F)(F)F)nn2)c1Cl. The molecule has 0 aliphatic heterocycles. The molecule has 1 N–H and O–H groups in total. The molecule has 1 aromatic carbocycles. The fraction of sp³-hybridized carbons (Fsp3) is 0.0714. The number of alkyl halides is 3. The van der Waals surface area contributed by atoms with Gasteiger partial charge in [0.2, 0.25) is 0 Å². The number of aromatic amines is 1. The molecule has 0 spiro atoms. The molecule has 0 bridgehead atoms. The number of benzene rings is 1. The quantitative estimate of drug-likeness (QED) is 0.668. The first-order valence-electron chi connectivity index (χ1n) is 6.55. The smallest absolute Gasteiger partial charge is 0.325 e. The highest BCUT2D eigenvalue weighted by Crippen LogP contribution is 2.35. The summed E-state index contributed by atoms with van der Waals surface area (Å²) in [5, 5.41) is 6.13. The monoisotopic (exact) mass is 392 g/mol. The van der Waals surface area contributed by atoms with E-state index in [1.54, 1.807) is 0 Å². The Balaban J connectivity index is 2.27. The number of nitrogens with one attached hydrogen (secondary N) is 1. The van der Waals surface area contributed by atoms with E-state index in [2.05, 4.69) is 15.3 Å². The van der Waals surface area contributed by atoms with Crippen molar-refractivity contribution in [1.82, 2.24) is 20.0 Å². The van der Waals surface area contributed by atoms with Gasteiger partial charge in [-0.15, -0.1) is 5.10 Å². The zero-order chi connectivity index (χ0) is 18.4. The summed E-state index contributed by atoms with van der Waals surface area (Å²) in [4.78, 5) is 13.8. The van der Waals surface area contributed by atoms with Gasteiger partial charge in [0.15, 0.2) is 5.69 Å². The average molecular weight is 393 g/mol. The lowest BCUT2D eigenvalue weighted by Gasteiger charge is -2.12. The van der Waals surface area contributed by atoms with Crippen LogP contribution in [0, 0.1) is 5.82 Å². The van der Waals surface area contributed by atoms with Crippen molar-refractivity contribution in [3.05, 3.63) is 62.5 Å². The standard InChI is InChI=1S/C14H6Cl2F4N4O/c15-6-1-2-9(24-5-10(22-23-24)14(18,19)20)7(3-6)11-8(17)4-21-13(25)12(11)16/h1-5H,(H,21,25). The number of aromatic nitrogens is 4. The second-order valence-electron chi connectivity index (χ2n) is 4.86. The lowest BCUT2D eigenvalue weighted by Crippen LogP contribution is -2.10. The van der Waals surface area contributed by atoms with Gasteiger partial charge in [0, 0.05) is 22.3 Å². The average Bonchev–Trinajstić information content (AvgIpc) is 3.01. The summed E-state index contributed by atoms with van der Waals surface area (Å²) in [6.07, 6.45) is -3.28. The lowest BCUT2D eigenvalue weighted by atomic mass is 10.0. The van der Waals surface area contributed by atoms with Crippen molar-refractivity contribution in [3.8, 4) is 16.8 Å². The largest absolute Gasteiger partial charge is 0.436 e. The van der Waals surface area contributed by atoms with Gasteiger partial charge in [-0.05, 0) is 18.2 Å². The van der Waals surface area contributed by atoms with E-state index in [0.29, 0.717) is 6.20 Å². The van der Waals surface area contributed by atoms with Crippen molar-refractivity contribution in [1.29, 1.82) is 0 Å². The summed E-state index contributed by atoms with van der Waals surface area (Å²) in [5.74, 6) is -0.885. The van der Waals surface area contributed by atoms with Gasteiger partial charge >= 0.3 is 6.18 Å². The van der Waals surface area contributed by atoms with Crippen LogP contribution < -0.4 is 5.56 Å². The van der Waals surface area contributed by atoms with Crippen LogP contribution in [0.4, 0.5) is 17.6 Å². The topological polar surface area (TPSA) is 63.6 Å². The minimum absolute atomic E-state index is 0.0128. The number of rotatable bonds is 2. The van der Waals surface area contributed by atoms with Crippen LogP contribution in [0.25, 0.3) is 16.8 Å². The van der Waals surface area contributed by atoms with Crippen LogP contribution in [0.5, 0.6) is 0 Å². The molecule has 0 amide bonds. The van der Waals surface area contributed by atoms with Crippen molar-refractivity contribution in [2.45, 2.75) is 6.18 Å². The molecule has 0 aliphatic rings. The summed E-state index contributed by atoms with van der Waals surface area (Å²) >= 11 is 11.8. The number of nitrogens with zero attached hydrogens (tertiary/aromatic N) is 3. The van der Waals surface area contributed by atoms with E-state index in [4.69, 9.17) is 23.2 Å². The summed E-state index contributed by atoms with van der Waals surface area (Å²) in [5.41, 5.74) is -2.31. The Hall–Kier alpha value is -2.39. The molecule has 5 nitrogen and oxygen atoms in total. The number of hydrogen-bond acceptors (Lipinski definition) is 3. The number of halogens is 6.